The summed E-state index contributed by atoms with van der Waals surface area (Å²) in [5, 5.41) is 3.47. The fourth-order valence-electron chi connectivity index (χ4n) is 2.92. The van der Waals surface area contributed by atoms with E-state index in [0.717, 1.165) is 36.8 Å². The lowest BCUT2D eigenvalue weighted by atomic mass is 9.93. The first-order valence-electron chi connectivity index (χ1n) is 7.49. The average molecular weight is 267 g/mol. The van der Waals surface area contributed by atoms with Gasteiger partial charge < -0.3 is 5.32 Å². The molecule has 0 bridgehead atoms. The molecule has 1 fully saturated rings. The third-order valence-corrected chi connectivity index (χ3v) is 4.00. The van der Waals surface area contributed by atoms with Crippen molar-refractivity contribution in [2.24, 2.45) is 5.92 Å². The van der Waals surface area contributed by atoms with Crippen LogP contribution in [-0.2, 0) is 6.42 Å². The molecule has 1 saturated heterocycles. The van der Waals surface area contributed by atoms with Crippen LogP contribution in [-0.4, -0.2) is 23.1 Å². The van der Waals surface area contributed by atoms with Crippen LogP contribution in [0.2, 0.25) is 0 Å². The van der Waals surface area contributed by atoms with Gasteiger partial charge in [-0.25, -0.2) is 0 Å². The summed E-state index contributed by atoms with van der Waals surface area (Å²) in [4.78, 5) is 9.16. The quantitative estimate of drug-likeness (QED) is 0.928. The molecular formula is C17H21N3. The van der Waals surface area contributed by atoms with Gasteiger partial charge in [0.2, 0.25) is 0 Å². The van der Waals surface area contributed by atoms with E-state index in [9.17, 15) is 0 Å². The predicted molar refractivity (Wildman–Crippen MR) is 81.4 cm³/mol. The van der Waals surface area contributed by atoms with Gasteiger partial charge >= 0.3 is 0 Å². The van der Waals surface area contributed by atoms with Crippen LogP contribution < -0.4 is 5.32 Å². The molecule has 1 aliphatic heterocycles. The fraction of sp³-hybridized carbons (Fsp3) is 0.412. The van der Waals surface area contributed by atoms with Crippen LogP contribution in [0.15, 0.2) is 42.7 Å². The number of nitrogens with one attached hydrogen (secondary N) is 1. The Hall–Kier alpha value is -1.74. The first-order chi connectivity index (χ1) is 9.93. The Labute approximate surface area is 120 Å². The standard InChI is InChI=1S/C17H21N3/c1-2-6-15(7-3-1)17-16(19-11-12-20-17)13-14-5-4-9-18-10-8-14/h1-3,6-7,11-12,14,18H,4-5,8-10,13H2. The molecule has 3 heteroatoms. The summed E-state index contributed by atoms with van der Waals surface area (Å²) in [6.45, 7) is 2.29. The smallest absolute Gasteiger partial charge is 0.0917 e. The third kappa shape index (κ3) is 3.23. The summed E-state index contributed by atoms with van der Waals surface area (Å²) in [5.74, 6) is 0.726. The minimum atomic E-state index is 0.726. The van der Waals surface area contributed by atoms with Gasteiger partial charge in [0.05, 0.1) is 11.4 Å². The van der Waals surface area contributed by atoms with Crippen molar-refractivity contribution >= 4 is 0 Å². The van der Waals surface area contributed by atoms with Crippen LogP contribution in [0, 0.1) is 5.92 Å². The molecule has 1 aromatic carbocycles. The van der Waals surface area contributed by atoms with E-state index in [1.165, 1.54) is 24.8 Å². The van der Waals surface area contributed by atoms with Crippen molar-refractivity contribution in [3.05, 3.63) is 48.4 Å². The number of nitrogens with zero attached hydrogens (tertiary/aromatic N) is 2. The van der Waals surface area contributed by atoms with Crippen molar-refractivity contribution in [3.8, 4) is 11.3 Å². The molecule has 0 radical (unpaired) electrons. The van der Waals surface area contributed by atoms with Crippen LogP contribution in [0.4, 0.5) is 0 Å². The number of hydrogen-bond donors (Lipinski definition) is 1. The zero-order valence-electron chi connectivity index (χ0n) is 11.8. The van der Waals surface area contributed by atoms with Gasteiger partial charge in [-0.1, -0.05) is 30.3 Å². The Morgan fingerprint density at radius 3 is 2.75 bits per heavy atom. The molecule has 1 aromatic heterocycles. The maximum atomic E-state index is 4.60. The van der Waals surface area contributed by atoms with Crippen molar-refractivity contribution in [1.29, 1.82) is 0 Å². The number of rotatable bonds is 3. The first kappa shape index (κ1) is 13.3. The minimum Gasteiger partial charge on any atom is -0.317 e. The van der Waals surface area contributed by atoms with Crippen LogP contribution in [0.5, 0.6) is 0 Å². The second-order valence-electron chi connectivity index (χ2n) is 5.47. The van der Waals surface area contributed by atoms with E-state index in [1.54, 1.807) is 6.20 Å². The van der Waals surface area contributed by atoms with E-state index >= 15 is 0 Å². The molecule has 0 spiro atoms. The van der Waals surface area contributed by atoms with E-state index in [-0.39, 0.29) is 0 Å². The molecule has 1 aliphatic rings. The Morgan fingerprint density at radius 2 is 1.85 bits per heavy atom. The molecular weight excluding hydrogens is 246 g/mol. The van der Waals surface area contributed by atoms with Gasteiger partial charge in [0, 0.05) is 18.0 Å². The minimum absolute atomic E-state index is 0.726. The molecule has 3 nitrogen and oxygen atoms in total. The van der Waals surface area contributed by atoms with Crippen LogP contribution in [0.3, 0.4) is 0 Å². The van der Waals surface area contributed by atoms with Gasteiger partial charge in [-0.3, -0.25) is 9.97 Å². The summed E-state index contributed by atoms with van der Waals surface area (Å²) in [5.41, 5.74) is 3.36. The monoisotopic (exact) mass is 267 g/mol. The van der Waals surface area contributed by atoms with E-state index in [2.05, 4.69) is 39.6 Å². The summed E-state index contributed by atoms with van der Waals surface area (Å²) < 4.78 is 0. The maximum Gasteiger partial charge on any atom is 0.0917 e. The maximum absolute atomic E-state index is 4.60. The first-order valence-corrected chi connectivity index (χ1v) is 7.49. The number of aromatic nitrogens is 2. The Morgan fingerprint density at radius 1 is 1.00 bits per heavy atom. The summed E-state index contributed by atoms with van der Waals surface area (Å²) >= 11 is 0. The fourth-order valence-corrected chi connectivity index (χ4v) is 2.92. The molecule has 1 N–H and O–H groups in total. The SMILES string of the molecule is c1ccc(-c2nccnc2CC2CCCNCC2)cc1. The van der Waals surface area contributed by atoms with Gasteiger partial charge in [0.15, 0.2) is 0 Å². The molecule has 1 atom stereocenters. The lowest BCUT2D eigenvalue weighted by Crippen LogP contribution is -2.14. The van der Waals surface area contributed by atoms with Crippen molar-refractivity contribution in [1.82, 2.24) is 15.3 Å². The number of hydrogen-bond acceptors (Lipinski definition) is 3. The summed E-state index contributed by atoms with van der Waals surface area (Å²) in [6.07, 6.45) is 8.45. The molecule has 0 saturated carbocycles. The van der Waals surface area contributed by atoms with Gasteiger partial charge in [0.1, 0.15) is 0 Å². The van der Waals surface area contributed by atoms with Crippen LogP contribution in [0.25, 0.3) is 11.3 Å². The van der Waals surface area contributed by atoms with Gasteiger partial charge in [-0.2, -0.15) is 0 Å². The number of benzene rings is 1. The summed E-state index contributed by atoms with van der Waals surface area (Å²) in [7, 11) is 0. The van der Waals surface area contributed by atoms with Crippen molar-refractivity contribution in [2.45, 2.75) is 25.7 Å². The zero-order chi connectivity index (χ0) is 13.6. The normalized spacial score (nSPS) is 19.5. The molecule has 2 heterocycles. The van der Waals surface area contributed by atoms with Crippen LogP contribution in [0.1, 0.15) is 25.0 Å². The van der Waals surface area contributed by atoms with E-state index in [0.29, 0.717) is 0 Å². The van der Waals surface area contributed by atoms with Crippen molar-refractivity contribution in [2.75, 3.05) is 13.1 Å². The third-order valence-electron chi connectivity index (χ3n) is 4.00. The second kappa shape index (κ2) is 6.62. The molecule has 0 amide bonds. The lowest BCUT2D eigenvalue weighted by Gasteiger charge is -2.15. The molecule has 104 valence electrons. The van der Waals surface area contributed by atoms with Gasteiger partial charge in [-0.15, -0.1) is 0 Å². The van der Waals surface area contributed by atoms with Crippen molar-refractivity contribution in [3.63, 3.8) is 0 Å². The zero-order valence-corrected chi connectivity index (χ0v) is 11.8. The van der Waals surface area contributed by atoms with E-state index in [1.807, 2.05) is 12.3 Å². The Balaban J connectivity index is 1.82. The summed E-state index contributed by atoms with van der Waals surface area (Å²) in [6, 6.07) is 10.4. The highest BCUT2D eigenvalue weighted by molar-refractivity contribution is 5.61. The molecule has 2 aromatic rings. The molecule has 20 heavy (non-hydrogen) atoms. The lowest BCUT2D eigenvalue weighted by molar-refractivity contribution is 0.465. The average Bonchev–Trinajstić information content (AvgIpc) is 2.77. The topological polar surface area (TPSA) is 37.8 Å². The molecule has 3 rings (SSSR count). The second-order valence-corrected chi connectivity index (χ2v) is 5.47. The molecule has 0 aliphatic carbocycles. The predicted octanol–water partition coefficient (Wildman–Crippen LogP) is 3.08. The van der Waals surface area contributed by atoms with E-state index < -0.39 is 0 Å². The van der Waals surface area contributed by atoms with E-state index in [4.69, 9.17) is 0 Å². The highest BCUT2D eigenvalue weighted by atomic mass is 14.9. The largest absolute Gasteiger partial charge is 0.317 e. The Kier molecular flexibility index (Phi) is 4.38. The molecule has 1 unspecified atom stereocenters. The van der Waals surface area contributed by atoms with Crippen molar-refractivity contribution < 1.29 is 0 Å². The highest BCUT2D eigenvalue weighted by Crippen LogP contribution is 2.24. The van der Waals surface area contributed by atoms with Gasteiger partial charge in [-0.05, 0) is 44.7 Å². The Bertz CT molecular complexity index is 531. The van der Waals surface area contributed by atoms with Gasteiger partial charge in [0.25, 0.3) is 0 Å². The highest BCUT2D eigenvalue weighted by Gasteiger charge is 2.16. The van der Waals surface area contributed by atoms with Crippen LogP contribution >= 0.6 is 0 Å².